The summed E-state index contributed by atoms with van der Waals surface area (Å²) in [5.41, 5.74) is 0. The number of hydrogen-bond donors (Lipinski definition) is 2. The standard InChI is InChI=1S/C6H11NO.H2O4S/c8-6-2-1-4-7-5-3-6;1-5(2,3)4/h7H,1-5H2;(H2,1,2,3,4). The number of carbonyl (C=O) groups excluding carboxylic acids is 1. The third kappa shape index (κ3) is 14.4. The first-order chi connectivity index (χ1) is 5.89. The van der Waals surface area contributed by atoms with Crippen LogP contribution in [0.15, 0.2) is 0 Å². The molecule has 0 aromatic heterocycles. The van der Waals surface area contributed by atoms with E-state index in [9.17, 15) is 4.79 Å². The van der Waals surface area contributed by atoms with Gasteiger partial charge in [0.25, 0.3) is 0 Å². The van der Waals surface area contributed by atoms with E-state index in [2.05, 4.69) is 5.32 Å². The molecule has 0 bridgehead atoms. The summed E-state index contributed by atoms with van der Waals surface area (Å²) in [6.45, 7) is 2.16. The molecule has 3 N–H and O–H groups in total. The first kappa shape index (κ1) is 12.5. The van der Waals surface area contributed by atoms with Crippen LogP contribution in [-0.4, -0.2) is 36.4 Å². The zero-order chi connectivity index (χ0) is 10.3. The number of Topliss-reactive ketones (excluding diaryl/α,β-unsaturated/α-hetero) is 1. The van der Waals surface area contributed by atoms with Crippen molar-refractivity contribution in [1.29, 1.82) is 0 Å². The summed E-state index contributed by atoms with van der Waals surface area (Å²) in [5, 5.41) is 2.21. The lowest BCUT2D eigenvalue weighted by molar-refractivity contribution is -0.652. The molecule has 13 heavy (non-hydrogen) atoms. The summed E-state index contributed by atoms with van der Waals surface area (Å²) in [4.78, 5) is 10.7. The Morgan fingerprint density at radius 1 is 1.31 bits per heavy atom. The molecule has 7 heteroatoms. The summed E-state index contributed by atoms with van der Waals surface area (Å²) in [6, 6.07) is 0. The van der Waals surface area contributed by atoms with Crippen molar-refractivity contribution in [3.05, 3.63) is 0 Å². The quantitative estimate of drug-likeness (QED) is 0.367. The molecule has 0 amide bonds. The number of ketones is 1. The second-order valence-corrected chi connectivity index (χ2v) is 3.54. The van der Waals surface area contributed by atoms with Crippen LogP contribution in [0.3, 0.4) is 0 Å². The van der Waals surface area contributed by atoms with Crippen molar-refractivity contribution in [3.63, 3.8) is 0 Å². The van der Waals surface area contributed by atoms with Gasteiger partial charge < -0.3 is 9.87 Å². The lowest BCUT2D eigenvalue weighted by atomic mass is 10.2. The highest BCUT2D eigenvalue weighted by Gasteiger charge is 2.06. The number of rotatable bonds is 0. The molecule has 0 atom stereocenters. The van der Waals surface area contributed by atoms with Crippen LogP contribution >= 0.6 is 0 Å². The molecule has 78 valence electrons. The minimum atomic E-state index is -4.92. The number of hydrogen-bond acceptors (Lipinski definition) is 4. The highest BCUT2D eigenvalue weighted by molar-refractivity contribution is 7.79. The molecule has 0 radical (unpaired) electrons. The highest BCUT2D eigenvalue weighted by atomic mass is 32.3. The van der Waals surface area contributed by atoms with Crippen molar-refractivity contribution in [2.24, 2.45) is 0 Å². The first-order valence-corrected chi connectivity index (χ1v) is 5.28. The maximum Gasteiger partial charge on any atom is 0.215 e. The van der Waals surface area contributed by atoms with Crippen LogP contribution < -0.4 is 5.32 Å². The second-order valence-electron chi connectivity index (χ2n) is 2.69. The fourth-order valence-electron chi connectivity index (χ4n) is 0.976. The monoisotopic (exact) mass is 211 g/mol. The van der Waals surface area contributed by atoms with E-state index in [0.717, 1.165) is 32.4 Å². The highest BCUT2D eigenvalue weighted by Crippen LogP contribution is 1.93. The molecule has 1 heterocycles. The third-order valence-corrected chi connectivity index (χ3v) is 1.49. The van der Waals surface area contributed by atoms with E-state index in [4.69, 9.17) is 17.5 Å². The number of nitrogens with two attached hydrogens (primary N) is 1. The number of quaternary nitrogens is 1. The Hall–Kier alpha value is -0.500. The Balaban J connectivity index is 0.000000252. The van der Waals surface area contributed by atoms with E-state index in [1.807, 2.05) is 0 Å². The van der Waals surface area contributed by atoms with Gasteiger partial charge in [-0.25, -0.2) is 8.42 Å². The fourth-order valence-corrected chi connectivity index (χ4v) is 0.976. The summed E-state index contributed by atoms with van der Waals surface area (Å²) in [5.74, 6) is 0.443. The average molecular weight is 211 g/mol. The molecule has 0 aromatic carbocycles. The maximum absolute atomic E-state index is 10.7. The van der Waals surface area contributed by atoms with Crippen LogP contribution in [0.2, 0.25) is 0 Å². The van der Waals surface area contributed by atoms with Gasteiger partial charge in [-0.3, -0.25) is 9.35 Å². The molecule has 0 spiro atoms. The Morgan fingerprint density at radius 3 is 2.38 bits per heavy atom. The van der Waals surface area contributed by atoms with E-state index in [1.54, 1.807) is 0 Å². The van der Waals surface area contributed by atoms with Gasteiger partial charge in [0, 0.05) is 12.8 Å². The lowest BCUT2D eigenvalue weighted by Gasteiger charge is -1.88. The molecular weight excluding hydrogens is 198 g/mol. The van der Waals surface area contributed by atoms with E-state index in [0.29, 0.717) is 5.78 Å². The van der Waals surface area contributed by atoms with Crippen LogP contribution in [0.5, 0.6) is 0 Å². The van der Waals surface area contributed by atoms with Crippen molar-refractivity contribution in [3.8, 4) is 0 Å². The summed E-state index contributed by atoms with van der Waals surface area (Å²) in [6.07, 6.45) is 2.69. The van der Waals surface area contributed by atoms with Gasteiger partial charge in [-0.1, -0.05) is 0 Å². The van der Waals surface area contributed by atoms with Gasteiger partial charge in [-0.2, -0.15) is 0 Å². The lowest BCUT2D eigenvalue weighted by Crippen LogP contribution is -2.83. The summed E-state index contributed by atoms with van der Waals surface area (Å²) >= 11 is 0. The number of carbonyl (C=O) groups is 1. The SMILES string of the molecule is O=C1CCC[NH2+]CC1.O=S(=O)([O-])O. The summed E-state index contributed by atoms with van der Waals surface area (Å²) in [7, 11) is -4.92. The Bertz CT molecular complexity index is 230. The molecule has 1 aliphatic heterocycles. The molecule has 0 saturated carbocycles. The minimum Gasteiger partial charge on any atom is -0.726 e. The molecule has 0 aromatic rings. The van der Waals surface area contributed by atoms with Crippen LogP contribution in [0, 0.1) is 0 Å². The predicted molar refractivity (Wildman–Crippen MR) is 42.8 cm³/mol. The smallest absolute Gasteiger partial charge is 0.215 e. The van der Waals surface area contributed by atoms with Crippen molar-refractivity contribution in [2.75, 3.05) is 13.1 Å². The average Bonchev–Trinajstić information content (AvgIpc) is 2.12. The largest absolute Gasteiger partial charge is 0.726 e. The molecule has 1 saturated heterocycles. The molecule has 0 aliphatic carbocycles. The van der Waals surface area contributed by atoms with Crippen LogP contribution in [-0.2, 0) is 15.2 Å². The molecule has 1 fully saturated rings. The van der Waals surface area contributed by atoms with E-state index in [1.165, 1.54) is 0 Å². The van der Waals surface area contributed by atoms with Gasteiger partial charge in [0.2, 0.25) is 10.4 Å². The van der Waals surface area contributed by atoms with Gasteiger partial charge in [0.05, 0.1) is 19.5 Å². The molecule has 6 nitrogen and oxygen atoms in total. The van der Waals surface area contributed by atoms with E-state index >= 15 is 0 Å². The Kier molecular flexibility index (Phi) is 5.80. The van der Waals surface area contributed by atoms with Crippen LogP contribution in [0.1, 0.15) is 19.3 Å². The van der Waals surface area contributed by atoms with Crippen LogP contribution in [0.4, 0.5) is 0 Å². The van der Waals surface area contributed by atoms with E-state index in [-0.39, 0.29) is 0 Å². The van der Waals surface area contributed by atoms with Crippen molar-refractivity contribution in [1.82, 2.24) is 0 Å². The first-order valence-electron chi connectivity index (χ1n) is 3.91. The zero-order valence-electron chi connectivity index (χ0n) is 7.10. The van der Waals surface area contributed by atoms with Crippen molar-refractivity contribution in [2.45, 2.75) is 19.3 Å². The molecule has 1 rings (SSSR count). The molecular formula is C6H13NO5S. The third-order valence-electron chi connectivity index (χ3n) is 1.49. The minimum absolute atomic E-state index is 0.443. The topological polar surface area (TPSA) is 111 Å². The molecule has 0 unspecified atom stereocenters. The normalized spacial score (nSPS) is 18.5. The second kappa shape index (κ2) is 6.03. The van der Waals surface area contributed by atoms with Crippen molar-refractivity contribution < 1.29 is 27.6 Å². The van der Waals surface area contributed by atoms with Crippen LogP contribution in [0.25, 0.3) is 0 Å². The van der Waals surface area contributed by atoms with Gasteiger partial charge in [0.15, 0.2) is 0 Å². The maximum atomic E-state index is 10.7. The molecule has 1 aliphatic rings. The predicted octanol–water partition coefficient (Wildman–Crippen LogP) is -1.69. The Labute approximate surface area is 76.9 Å². The summed E-state index contributed by atoms with van der Waals surface area (Å²) < 4.78 is 32.8. The Morgan fingerprint density at radius 2 is 1.85 bits per heavy atom. The van der Waals surface area contributed by atoms with Gasteiger partial charge in [0.1, 0.15) is 5.78 Å². The zero-order valence-corrected chi connectivity index (χ0v) is 7.92. The fraction of sp³-hybridized carbons (Fsp3) is 0.833. The van der Waals surface area contributed by atoms with E-state index < -0.39 is 10.4 Å². The van der Waals surface area contributed by atoms with Gasteiger partial charge >= 0.3 is 0 Å². The van der Waals surface area contributed by atoms with Gasteiger partial charge in [-0.15, -0.1) is 0 Å². The van der Waals surface area contributed by atoms with Gasteiger partial charge in [-0.05, 0) is 0 Å². The van der Waals surface area contributed by atoms with Crippen molar-refractivity contribution >= 4 is 16.2 Å².